The summed E-state index contributed by atoms with van der Waals surface area (Å²) in [5, 5.41) is 3.05. The number of aromatic nitrogens is 2. The minimum Gasteiger partial charge on any atom is -0.449 e. The summed E-state index contributed by atoms with van der Waals surface area (Å²) in [5.41, 5.74) is 1.74. The number of nitrogens with one attached hydrogen (secondary N) is 1. The Hall–Kier alpha value is -2.70. The van der Waals surface area contributed by atoms with Gasteiger partial charge in [0.25, 0.3) is 11.5 Å². The predicted molar refractivity (Wildman–Crippen MR) is 115 cm³/mol. The Morgan fingerprint density at radius 3 is 2.73 bits per heavy atom. The highest BCUT2D eigenvalue weighted by molar-refractivity contribution is 5.95. The van der Waals surface area contributed by atoms with Crippen LogP contribution in [0.15, 0.2) is 23.0 Å². The molecule has 0 bridgehead atoms. The van der Waals surface area contributed by atoms with Gasteiger partial charge < -0.3 is 14.6 Å². The maximum Gasteiger partial charge on any atom is 0.338 e. The van der Waals surface area contributed by atoms with Crippen LogP contribution in [0.25, 0.3) is 11.0 Å². The van der Waals surface area contributed by atoms with Crippen molar-refractivity contribution in [2.24, 2.45) is 11.8 Å². The maximum absolute atomic E-state index is 12.6. The van der Waals surface area contributed by atoms with Crippen LogP contribution in [-0.4, -0.2) is 33.6 Å². The molecule has 1 aliphatic rings. The fourth-order valence-electron chi connectivity index (χ4n) is 4.18. The lowest BCUT2D eigenvalue weighted by Gasteiger charge is -2.35. The topological polar surface area (TPSA) is 90.3 Å². The lowest BCUT2D eigenvalue weighted by atomic mass is 9.78. The Morgan fingerprint density at radius 2 is 2.03 bits per heavy atom. The van der Waals surface area contributed by atoms with Gasteiger partial charge in [0, 0.05) is 12.6 Å². The predicted octanol–water partition coefficient (Wildman–Crippen LogP) is 3.21. The molecule has 1 aromatic carbocycles. The molecule has 1 heterocycles. The summed E-state index contributed by atoms with van der Waals surface area (Å²) < 4.78 is 7.03. The number of fused-ring (bicyclic) bond motifs is 1. The Bertz CT molecular complexity index is 1010. The zero-order valence-corrected chi connectivity index (χ0v) is 18.4. The summed E-state index contributed by atoms with van der Waals surface area (Å²) in [4.78, 5) is 41.7. The number of rotatable bonds is 5. The molecule has 7 heteroatoms. The highest BCUT2D eigenvalue weighted by atomic mass is 16.5. The molecule has 1 saturated carbocycles. The molecule has 4 atom stereocenters. The van der Waals surface area contributed by atoms with E-state index in [9.17, 15) is 14.4 Å². The number of hydrogen-bond acceptors (Lipinski definition) is 5. The van der Waals surface area contributed by atoms with E-state index < -0.39 is 12.1 Å². The molecule has 1 N–H and O–H groups in total. The first kappa shape index (κ1) is 22.0. The second-order valence-corrected chi connectivity index (χ2v) is 8.38. The van der Waals surface area contributed by atoms with Gasteiger partial charge in [-0.05, 0) is 57.2 Å². The number of amides is 1. The summed E-state index contributed by atoms with van der Waals surface area (Å²) in [6.07, 6.45) is 2.33. The highest BCUT2D eigenvalue weighted by Gasteiger charge is 2.30. The van der Waals surface area contributed by atoms with E-state index >= 15 is 0 Å². The van der Waals surface area contributed by atoms with Crippen molar-refractivity contribution >= 4 is 22.9 Å². The molecule has 0 radical (unpaired) electrons. The van der Waals surface area contributed by atoms with Gasteiger partial charge in [-0.2, -0.15) is 0 Å². The van der Waals surface area contributed by atoms with Gasteiger partial charge in [0.1, 0.15) is 5.69 Å². The molecule has 1 fully saturated rings. The highest BCUT2D eigenvalue weighted by Crippen LogP contribution is 2.29. The number of hydrogen-bond donors (Lipinski definition) is 1. The second-order valence-electron chi connectivity index (χ2n) is 8.38. The van der Waals surface area contributed by atoms with E-state index in [0.717, 1.165) is 12.8 Å². The Morgan fingerprint density at radius 1 is 1.30 bits per heavy atom. The molecule has 1 aromatic heterocycles. The number of esters is 1. The van der Waals surface area contributed by atoms with Gasteiger partial charge in [0.05, 0.1) is 16.6 Å². The van der Waals surface area contributed by atoms with Crippen LogP contribution in [0.3, 0.4) is 0 Å². The SMILES string of the molecule is CCn1c(=O)c(C)nc2cc(C(=O)O[C@H](C)C(=O)N[C@@H]3CCC[C@H](C)[C@@H]3C)ccc21. The number of benzene rings is 1. The van der Waals surface area contributed by atoms with E-state index in [-0.39, 0.29) is 17.5 Å². The van der Waals surface area contributed by atoms with Crippen molar-refractivity contribution < 1.29 is 14.3 Å². The van der Waals surface area contributed by atoms with Gasteiger partial charge in [0.2, 0.25) is 0 Å². The molecule has 7 nitrogen and oxygen atoms in total. The lowest BCUT2D eigenvalue weighted by molar-refractivity contribution is -0.130. The molecule has 162 valence electrons. The van der Waals surface area contributed by atoms with Crippen molar-refractivity contribution in [2.45, 2.75) is 72.6 Å². The number of nitrogens with zero attached hydrogens (tertiary/aromatic N) is 2. The van der Waals surface area contributed by atoms with Gasteiger partial charge in [-0.3, -0.25) is 9.59 Å². The van der Waals surface area contributed by atoms with E-state index in [1.54, 1.807) is 36.6 Å². The van der Waals surface area contributed by atoms with Gasteiger partial charge in [-0.15, -0.1) is 0 Å². The zero-order valence-electron chi connectivity index (χ0n) is 18.4. The maximum atomic E-state index is 12.6. The smallest absolute Gasteiger partial charge is 0.338 e. The zero-order chi connectivity index (χ0) is 22.0. The van der Waals surface area contributed by atoms with Crippen molar-refractivity contribution in [3.8, 4) is 0 Å². The molecule has 30 heavy (non-hydrogen) atoms. The molecule has 3 rings (SSSR count). The van der Waals surface area contributed by atoms with Gasteiger partial charge in [-0.25, -0.2) is 9.78 Å². The van der Waals surface area contributed by atoms with Gasteiger partial charge in [-0.1, -0.05) is 26.7 Å². The standard InChI is InChI=1S/C23H31N3O4/c1-6-26-20-11-10-17(12-19(20)24-15(4)22(26)28)23(29)30-16(5)21(27)25-18-9-7-8-13(2)14(18)3/h10-14,16,18H,6-9H2,1-5H3,(H,25,27)/t13-,14-,16+,18+/m0/s1. The van der Waals surface area contributed by atoms with Crippen molar-refractivity contribution in [1.29, 1.82) is 0 Å². The lowest BCUT2D eigenvalue weighted by Crippen LogP contribution is -2.47. The fourth-order valence-corrected chi connectivity index (χ4v) is 4.18. The number of carbonyl (C=O) groups is 2. The first-order valence-electron chi connectivity index (χ1n) is 10.8. The minimum absolute atomic E-state index is 0.112. The van der Waals surface area contributed by atoms with Crippen LogP contribution < -0.4 is 10.9 Å². The van der Waals surface area contributed by atoms with E-state index in [0.29, 0.717) is 40.7 Å². The fraction of sp³-hybridized carbons (Fsp3) is 0.565. The van der Waals surface area contributed by atoms with Gasteiger partial charge >= 0.3 is 5.97 Å². The van der Waals surface area contributed by atoms with Crippen molar-refractivity contribution in [3.63, 3.8) is 0 Å². The van der Waals surface area contributed by atoms with Crippen LogP contribution in [-0.2, 0) is 16.1 Å². The van der Waals surface area contributed by atoms with Crippen molar-refractivity contribution in [2.75, 3.05) is 0 Å². The second kappa shape index (κ2) is 8.98. The average Bonchev–Trinajstić information content (AvgIpc) is 2.72. The van der Waals surface area contributed by atoms with E-state index in [1.165, 1.54) is 6.42 Å². The normalized spacial score (nSPS) is 22.5. The van der Waals surface area contributed by atoms with Crippen molar-refractivity contribution in [1.82, 2.24) is 14.9 Å². The van der Waals surface area contributed by atoms with Crippen LogP contribution in [0, 0.1) is 18.8 Å². The molecule has 2 aromatic rings. The molecule has 0 unspecified atom stereocenters. The molecule has 0 spiro atoms. The van der Waals surface area contributed by atoms with Crippen LogP contribution in [0.5, 0.6) is 0 Å². The van der Waals surface area contributed by atoms with Crippen LogP contribution in [0.2, 0.25) is 0 Å². The molecule has 0 aliphatic heterocycles. The van der Waals surface area contributed by atoms with Gasteiger partial charge in [0.15, 0.2) is 6.10 Å². The molecular weight excluding hydrogens is 382 g/mol. The summed E-state index contributed by atoms with van der Waals surface area (Å²) in [7, 11) is 0. The van der Waals surface area contributed by atoms with Crippen molar-refractivity contribution in [3.05, 3.63) is 39.8 Å². The summed E-state index contributed by atoms with van der Waals surface area (Å²) in [6.45, 7) is 10.0. The Labute approximate surface area is 176 Å². The number of aryl methyl sites for hydroxylation is 2. The quantitative estimate of drug-likeness (QED) is 0.760. The largest absolute Gasteiger partial charge is 0.449 e. The molecule has 1 amide bonds. The first-order valence-corrected chi connectivity index (χ1v) is 10.8. The number of carbonyl (C=O) groups excluding carboxylic acids is 2. The van der Waals surface area contributed by atoms with Crippen LogP contribution >= 0.6 is 0 Å². The summed E-state index contributed by atoms with van der Waals surface area (Å²) in [5.74, 6) is 0.106. The average molecular weight is 414 g/mol. The Kier molecular flexibility index (Phi) is 6.58. The summed E-state index contributed by atoms with van der Waals surface area (Å²) in [6, 6.07) is 5.01. The van der Waals surface area contributed by atoms with Crippen LogP contribution in [0.4, 0.5) is 0 Å². The molecule has 0 saturated heterocycles. The molecular formula is C23H31N3O4. The third-order valence-corrected chi connectivity index (χ3v) is 6.35. The summed E-state index contributed by atoms with van der Waals surface area (Å²) >= 11 is 0. The first-order chi connectivity index (χ1) is 14.2. The van der Waals surface area contributed by atoms with E-state index in [4.69, 9.17) is 4.74 Å². The number of ether oxygens (including phenoxy) is 1. The third kappa shape index (κ3) is 4.40. The monoisotopic (exact) mass is 413 g/mol. The van der Waals surface area contributed by atoms with E-state index in [1.807, 2.05) is 6.92 Å². The third-order valence-electron chi connectivity index (χ3n) is 6.35. The minimum atomic E-state index is -0.892. The Balaban J connectivity index is 1.72. The van der Waals surface area contributed by atoms with E-state index in [2.05, 4.69) is 24.1 Å². The van der Waals surface area contributed by atoms with Crippen LogP contribution in [0.1, 0.15) is 63.0 Å². The molecule has 1 aliphatic carbocycles.